The fraction of sp³-hybridized carbons (Fsp3) is 0.167. The molecule has 0 aliphatic rings. The van der Waals surface area contributed by atoms with Crippen LogP contribution in [-0.4, -0.2) is 9.97 Å². The molecule has 0 fully saturated rings. The summed E-state index contributed by atoms with van der Waals surface area (Å²) in [5.74, 6) is -0.920. The summed E-state index contributed by atoms with van der Waals surface area (Å²) in [6.45, 7) is 1.42. The van der Waals surface area contributed by atoms with Crippen LogP contribution in [0.1, 0.15) is 17.1 Å². The molecule has 0 spiro atoms. The van der Waals surface area contributed by atoms with Gasteiger partial charge >= 0.3 is 0 Å². The van der Waals surface area contributed by atoms with Crippen LogP contribution in [0.2, 0.25) is 0 Å². The minimum atomic E-state index is -0.881. The van der Waals surface area contributed by atoms with E-state index in [0.29, 0.717) is 11.4 Å². The van der Waals surface area contributed by atoms with E-state index in [9.17, 15) is 13.6 Å². The van der Waals surface area contributed by atoms with Gasteiger partial charge in [0.1, 0.15) is 11.6 Å². The average molecular weight is 236 g/mol. The van der Waals surface area contributed by atoms with Crippen LogP contribution in [0.5, 0.6) is 0 Å². The van der Waals surface area contributed by atoms with Crippen LogP contribution in [-0.2, 0) is 6.42 Å². The van der Waals surface area contributed by atoms with Gasteiger partial charge in [-0.3, -0.25) is 4.79 Å². The predicted molar refractivity (Wildman–Crippen MR) is 58.8 cm³/mol. The molecule has 88 valence electrons. The summed E-state index contributed by atoms with van der Waals surface area (Å²) in [5.41, 5.74) is -0.0942. The van der Waals surface area contributed by atoms with Gasteiger partial charge in [-0.1, -0.05) is 12.1 Å². The van der Waals surface area contributed by atoms with Crippen molar-refractivity contribution in [2.45, 2.75) is 13.3 Å². The Morgan fingerprint density at radius 2 is 2.12 bits per heavy atom. The van der Waals surface area contributed by atoms with Gasteiger partial charge in [-0.15, -0.1) is 0 Å². The lowest BCUT2D eigenvalue weighted by atomic mass is 10.1. The number of aryl methyl sites for hydroxylation is 1. The van der Waals surface area contributed by atoms with Gasteiger partial charge in [0.15, 0.2) is 0 Å². The predicted octanol–water partition coefficient (Wildman–Crippen LogP) is 1.95. The third-order valence-electron chi connectivity index (χ3n) is 2.34. The second-order valence-electron chi connectivity index (χ2n) is 3.72. The highest BCUT2D eigenvalue weighted by atomic mass is 19.1. The first kappa shape index (κ1) is 11.4. The fourth-order valence-electron chi connectivity index (χ4n) is 1.55. The number of H-pyrrole nitrogens is 1. The van der Waals surface area contributed by atoms with E-state index in [4.69, 9.17) is 0 Å². The summed E-state index contributed by atoms with van der Waals surface area (Å²) in [6, 6.07) is 5.95. The number of aromatic nitrogens is 2. The third kappa shape index (κ3) is 2.55. The molecule has 0 unspecified atom stereocenters. The van der Waals surface area contributed by atoms with Crippen molar-refractivity contribution in [3.8, 4) is 0 Å². The number of benzene rings is 1. The maximum absolute atomic E-state index is 13.0. The quantitative estimate of drug-likeness (QED) is 0.866. The van der Waals surface area contributed by atoms with E-state index in [1.165, 1.54) is 19.1 Å². The zero-order valence-corrected chi connectivity index (χ0v) is 9.13. The van der Waals surface area contributed by atoms with Crippen molar-refractivity contribution < 1.29 is 8.78 Å². The molecule has 1 aromatic carbocycles. The molecule has 1 N–H and O–H groups in total. The van der Waals surface area contributed by atoms with Crippen molar-refractivity contribution >= 4 is 0 Å². The molecule has 2 aromatic rings. The van der Waals surface area contributed by atoms with Gasteiger partial charge < -0.3 is 4.98 Å². The number of hydrogen-bond acceptors (Lipinski definition) is 2. The van der Waals surface area contributed by atoms with Gasteiger partial charge in [-0.25, -0.2) is 9.37 Å². The van der Waals surface area contributed by atoms with Crippen LogP contribution in [0.25, 0.3) is 0 Å². The minimum absolute atomic E-state index is 0.0418. The van der Waals surface area contributed by atoms with E-state index < -0.39 is 11.4 Å². The van der Waals surface area contributed by atoms with Gasteiger partial charge in [0.05, 0.1) is 5.69 Å². The van der Waals surface area contributed by atoms with E-state index >= 15 is 0 Å². The molecule has 2 rings (SSSR count). The Hall–Kier alpha value is -2.04. The lowest BCUT2D eigenvalue weighted by molar-refractivity contribution is 0.583. The second kappa shape index (κ2) is 4.45. The fourth-order valence-corrected chi connectivity index (χ4v) is 1.55. The Morgan fingerprint density at radius 3 is 2.76 bits per heavy atom. The summed E-state index contributed by atoms with van der Waals surface area (Å²) < 4.78 is 26.0. The summed E-state index contributed by atoms with van der Waals surface area (Å²) in [6.07, 6.45) is 0.258. The summed E-state index contributed by atoms with van der Waals surface area (Å²) >= 11 is 0. The first-order chi connectivity index (χ1) is 8.06. The average Bonchev–Trinajstić information content (AvgIpc) is 2.26. The first-order valence-electron chi connectivity index (χ1n) is 5.06. The molecule has 0 aliphatic carbocycles. The van der Waals surface area contributed by atoms with Gasteiger partial charge in [0.25, 0.3) is 5.56 Å². The Kier molecular flexibility index (Phi) is 2.99. The van der Waals surface area contributed by atoms with Gasteiger partial charge in [0.2, 0.25) is 5.82 Å². The van der Waals surface area contributed by atoms with Crippen LogP contribution >= 0.6 is 0 Å². The molecule has 0 aliphatic heterocycles. The summed E-state index contributed by atoms with van der Waals surface area (Å²) in [7, 11) is 0. The smallest absolute Gasteiger partial charge is 0.287 e. The van der Waals surface area contributed by atoms with E-state index in [2.05, 4.69) is 9.97 Å². The number of nitrogens with zero attached hydrogens (tertiary/aromatic N) is 1. The second-order valence-corrected chi connectivity index (χ2v) is 3.72. The maximum atomic E-state index is 13.0. The molecule has 0 radical (unpaired) electrons. The SMILES string of the molecule is Cc1nc(Cc2cccc(F)c2)[nH]c(=O)c1F. The molecule has 1 heterocycles. The van der Waals surface area contributed by atoms with Crippen molar-refractivity contribution in [3.63, 3.8) is 0 Å². The molecule has 0 bridgehead atoms. The highest BCUT2D eigenvalue weighted by Crippen LogP contribution is 2.08. The van der Waals surface area contributed by atoms with E-state index in [0.717, 1.165) is 0 Å². The number of halogens is 2. The van der Waals surface area contributed by atoms with Crippen LogP contribution in [0.4, 0.5) is 8.78 Å². The molecule has 17 heavy (non-hydrogen) atoms. The van der Waals surface area contributed by atoms with Crippen LogP contribution in [0.15, 0.2) is 29.1 Å². The molecule has 0 saturated heterocycles. The Morgan fingerprint density at radius 1 is 1.35 bits per heavy atom. The third-order valence-corrected chi connectivity index (χ3v) is 2.34. The standard InChI is InChI=1S/C12H10F2N2O/c1-7-11(14)12(17)16-10(15-7)6-8-3-2-4-9(13)5-8/h2-5H,6H2,1H3,(H,15,16,17). The highest BCUT2D eigenvalue weighted by molar-refractivity contribution is 5.20. The van der Waals surface area contributed by atoms with E-state index in [1.54, 1.807) is 12.1 Å². The van der Waals surface area contributed by atoms with Gasteiger partial charge in [0, 0.05) is 6.42 Å². The lowest BCUT2D eigenvalue weighted by Gasteiger charge is -2.03. The topological polar surface area (TPSA) is 45.8 Å². The number of hydrogen-bond donors (Lipinski definition) is 1. The molecule has 0 atom stereocenters. The monoisotopic (exact) mass is 236 g/mol. The number of rotatable bonds is 2. The van der Waals surface area contributed by atoms with E-state index in [1.807, 2.05) is 0 Å². The van der Waals surface area contributed by atoms with Crippen molar-refractivity contribution in [2.24, 2.45) is 0 Å². The van der Waals surface area contributed by atoms with Crippen molar-refractivity contribution in [1.29, 1.82) is 0 Å². The minimum Gasteiger partial charge on any atom is -0.308 e. The number of aromatic amines is 1. The Bertz CT molecular complexity index is 608. The van der Waals surface area contributed by atoms with Gasteiger partial charge in [-0.2, -0.15) is 4.39 Å². The molecule has 0 amide bonds. The highest BCUT2D eigenvalue weighted by Gasteiger charge is 2.07. The lowest BCUT2D eigenvalue weighted by Crippen LogP contribution is -2.17. The van der Waals surface area contributed by atoms with E-state index in [-0.39, 0.29) is 17.9 Å². The molecular formula is C12H10F2N2O. The largest absolute Gasteiger partial charge is 0.308 e. The van der Waals surface area contributed by atoms with Crippen molar-refractivity contribution in [1.82, 2.24) is 9.97 Å². The molecule has 3 nitrogen and oxygen atoms in total. The number of nitrogens with one attached hydrogen (secondary N) is 1. The Labute approximate surface area is 96.2 Å². The molecule has 1 aromatic heterocycles. The zero-order valence-electron chi connectivity index (χ0n) is 9.13. The molecule has 0 saturated carbocycles. The van der Waals surface area contributed by atoms with Crippen LogP contribution in [0, 0.1) is 18.6 Å². The van der Waals surface area contributed by atoms with Crippen LogP contribution < -0.4 is 5.56 Å². The maximum Gasteiger partial charge on any atom is 0.287 e. The van der Waals surface area contributed by atoms with Crippen molar-refractivity contribution in [3.05, 3.63) is 63.3 Å². The zero-order chi connectivity index (χ0) is 12.4. The molecule has 5 heteroatoms. The molecular weight excluding hydrogens is 226 g/mol. The van der Waals surface area contributed by atoms with Crippen LogP contribution in [0.3, 0.4) is 0 Å². The van der Waals surface area contributed by atoms with Gasteiger partial charge in [-0.05, 0) is 24.6 Å². The Balaban J connectivity index is 2.34. The summed E-state index contributed by atoms with van der Waals surface area (Å²) in [4.78, 5) is 17.4. The van der Waals surface area contributed by atoms with Crippen molar-refractivity contribution in [2.75, 3.05) is 0 Å². The normalized spacial score (nSPS) is 10.5. The first-order valence-corrected chi connectivity index (χ1v) is 5.06. The summed E-state index contributed by atoms with van der Waals surface area (Å²) in [5, 5.41) is 0.